The number of ether oxygens (including phenoxy) is 1. The number of amides is 2. The number of carbonyl (C=O) groups excluding carboxylic acids is 2. The maximum absolute atomic E-state index is 12.0. The second-order valence-corrected chi connectivity index (χ2v) is 4.42. The molecule has 0 unspecified atom stereocenters. The van der Waals surface area contributed by atoms with Crippen LogP contribution in [-0.2, 0) is 9.59 Å². The Hall–Kier alpha value is -2.87. The van der Waals surface area contributed by atoms with Gasteiger partial charge in [-0.3, -0.25) is 14.5 Å². The van der Waals surface area contributed by atoms with Crippen molar-refractivity contribution in [2.75, 3.05) is 25.6 Å². The molecule has 0 aliphatic carbocycles. The SMILES string of the molecule is COc1ccc(C(=O)O)c(NC2=CC(=O)N(CCO)C2=O)c1. The molecule has 3 N–H and O–H groups in total. The number of imide groups is 1. The Balaban J connectivity index is 2.31. The van der Waals surface area contributed by atoms with Crippen LogP contribution in [0.5, 0.6) is 5.75 Å². The van der Waals surface area contributed by atoms with Crippen LogP contribution in [0, 0.1) is 0 Å². The number of methoxy groups -OCH3 is 1. The van der Waals surface area contributed by atoms with E-state index in [9.17, 15) is 14.4 Å². The van der Waals surface area contributed by atoms with E-state index < -0.39 is 17.8 Å². The highest BCUT2D eigenvalue weighted by atomic mass is 16.5. The molecule has 22 heavy (non-hydrogen) atoms. The number of benzene rings is 1. The summed E-state index contributed by atoms with van der Waals surface area (Å²) in [7, 11) is 1.42. The Labute approximate surface area is 125 Å². The van der Waals surface area contributed by atoms with Gasteiger partial charge in [-0.2, -0.15) is 0 Å². The maximum Gasteiger partial charge on any atom is 0.337 e. The van der Waals surface area contributed by atoms with Crippen molar-refractivity contribution < 1.29 is 29.3 Å². The van der Waals surface area contributed by atoms with Crippen molar-refractivity contribution in [1.29, 1.82) is 0 Å². The number of carbonyl (C=O) groups is 3. The van der Waals surface area contributed by atoms with E-state index in [4.69, 9.17) is 14.9 Å². The third kappa shape index (κ3) is 2.91. The van der Waals surface area contributed by atoms with Gasteiger partial charge in [0.05, 0.1) is 31.5 Å². The molecule has 0 saturated heterocycles. The van der Waals surface area contributed by atoms with Gasteiger partial charge in [0.15, 0.2) is 0 Å². The molecule has 1 aliphatic rings. The zero-order valence-corrected chi connectivity index (χ0v) is 11.7. The summed E-state index contributed by atoms with van der Waals surface area (Å²) in [6, 6.07) is 4.22. The number of anilines is 1. The van der Waals surface area contributed by atoms with E-state index in [1.807, 2.05) is 0 Å². The van der Waals surface area contributed by atoms with Crippen LogP contribution in [-0.4, -0.2) is 53.2 Å². The van der Waals surface area contributed by atoms with Crippen molar-refractivity contribution in [1.82, 2.24) is 4.90 Å². The smallest absolute Gasteiger partial charge is 0.337 e. The molecule has 0 atom stereocenters. The fraction of sp³-hybridized carbons (Fsp3) is 0.214. The number of carboxylic acid groups (broad SMARTS) is 1. The minimum Gasteiger partial charge on any atom is -0.497 e. The average molecular weight is 306 g/mol. The van der Waals surface area contributed by atoms with E-state index in [1.54, 1.807) is 0 Å². The van der Waals surface area contributed by atoms with Gasteiger partial charge in [0.2, 0.25) is 0 Å². The molecule has 8 heteroatoms. The number of aromatic carboxylic acids is 1. The Morgan fingerprint density at radius 1 is 1.36 bits per heavy atom. The second kappa shape index (κ2) is 6.27. The van der Waals surface area contributed by atoms with Crippen molar-refractivity contribution in [3.05, 3.63) is 35.5 Å². The molecule has 0 fully saturated rings. The van der Waals surface area contributed by atoms with Crippen molar-refractivity contribution in [2.24, 2.45) is 0 Å². The van der Waals surface area contributed by atoms with E-state index in [0.717, 1.165) is 11.0 Å². The summed E-state index contributed by atoms with van der Waals surface area (Å²) in [5.41, 5.74) is 0.00172. The van der Waals surface area contributed by atoms with E-state index in [0.29, 0.717) is 5.75 Å². The summed E-state index contributed by atoms with van der Waals surface area (Å²) >= 11 is 0. The lowest BCUT2D eigenvalue weighted by Gasteiger charge is -2.14. The Kier molecular flexibility index (Phi) is 4.42. The van der Waals surface area contributed by atoms with Crippen molar-refractivity contribution in [3.8, 4) is 5.75 Å². The molecule has 8 nitrogen and oxygen atoms in total. The number of nitrogens with one attached hydrogen (secondary N) is 1. The fourth-order valence-corrected chi connectivity index (χ4v) is 2.00. The van der Waals surface area contributed by atoms with Gasteiger partial charge in [-0.15, -0.1) is 0 Å². The molecular formula is C14H14N2O6. The van der Waals surface area contributed by atoms with Crippen molar-refractivity contribution in [3.63, 3.8) is 0 Å². The van der Waals surface area contributed by atoms with Crippen LogP contribution in [0.15, 0.2) is 30.0 Å². The molecule has 0 aromatic heterocycles. The molecule has 0 bridgehead atoms. The molecule has 2 rings (SSSR count). The zero-order valence-electron chi connectivity index (χ0n) is 11.7. The lowest BCUT2D eigenvalue weighted by molar-refractivity contribution is -0.137. The van der Waals surface area contributed by atoms with Gasteiger partial charge in [0.25, 0.3) is 11.8 Å². The second-order valence-electron chi connectivity index (χ2n) is 4.42. The molecule has 0 spiro atoms. The Bertz CT molecular complexity index is 667. The van der Waals surface area contributed by atoms with E-state index >= 15 is 0 Å². The monoisotopic (exact) mass is 306 g/mol. The highest BCUT2D eigenvalue weighted by molar-refractivity contribution is 6.17. The predicted molar refractivity (Wildman–Crippen MR) is 75.5 cm³/mol. The number of hydrogen-bond donors (Lipinski definition) is 3. The zero-order chi connectivity index (χ0) is 16.3. The minimum atomic E-state index is -1.19. The van der Waals surface area contributed by atoms with Crippen LogP contribution in [0.4, 0.5) is 5.69 Å². The molecule has 116 valence electrons. The van der Waals surface area contributed by atoms with Gasteiger partial charge in [-0.05, 0) is 12.1 Å². The third-order valence-electron chi connectivity index (χ3n) is 3.06. The largest absolute Gasteiger partial charge is 0.497 e. The lowest BCUT2D eigenvalue weighted by atomic mass is 10.1. The summed E-state index contributed by atoms with van der Waals surface area (Å²) < 4.78 is 5.01. The highest BCUT2D eigenvalue weighted by Gasteiger charge is 2.31. The summed E-state index contributed by atoms with van der Waals surface area (Å²) in [6.45, 7) is -0.471. The topological polar surface area (TPSA) is 116 Å². The average Bonchev–Trinajstić information content (AvgIpc) is 2.75. The molecular weight excluding hydrogens is 292 g/mol. The molecule has 1 heterocycles. The molecule has 2 amide bonds. The summed E-state index contributed by atoms with van der Waals surface area (Å²) in [5, 5.41) is 20.6. The first-order valence-corrected chi connectivity index (χ1v) is 6.34. The van der Waals surface area contributed by atoms with Gasteiger partial charge in [0.1, 0.15) is 11.4 Å². The standard InChI is InChI=1S/C14H14N2O6/c1-22-8-2-3-9(14(20)21)10(6-8)15-11-7-12(18)16(4-5-17)13(11)19/h2-3,6-7,15,17H,4-5H2,1H3,(H,20,21). The number of rotatable bonds is 6. The van der Waals surface area contributed by atoms with Gasteiger partial charge in [-0.25, -0.2) is 4.79 Å². The van der Waals surface area contributed by atoms with Gasteiger partial charge in [-0.1, -0.05) is 0 Å². The fourth-order valence-electron chi connectivity index (χ4n) is 2.00. The quantitative estimate of drug-likeness (QED) is 0.636. The molecule has 0 radical (unpaired) electrons. The molecule has 1 aromatic rings. The van der Waals surface area contributed by atoms with E-state index in [-0.39, 0.29) is 30.1 Å². The number of aliphatic hydroxyl groups is 1. The van der Waals surface area contributed by atoms with Gasteiger partial charge < -0.3 is 20.3 Å². The molecule has 1 aliphatic heterocycles. The van der Waals surface area contributed by atoms with Crippen LogP contribution in [0.2, 0.25) is 0 Å². The van der Waals surface area contributed by atoms with Crippen LogP contribution in [0.1, 0.15) is 10.4 Å². The molecule has 1 aromatic carbocycles. The predicted octanol–water partition coefficient (Wildman–Crippen LogP) is 0.0503. The third-order valence-corrected chi connectivity index (χ3v) is 3.06. The van der Waals surface area contributed by atoms with Gasteiger partial charge >= 0.3 is 5.97 Å². The first-order chi connectivity index (χ1) is 10.5. The number of β-amino-alcohol motifs (C(OH)–C–C–N with tert-alkyl or cyclic N) is 1. The number of carboxylic acids is 1. The lowest BCUT2D eigenvalue weighted by Crippen LogP contribution is -2.34. The number of aliphatic hydroxyl groups excluding tert-OH is 1. The number of nitrogens with zero attached hydrogens (tertiary/aromatic N) is 1. The minimum absolute atomic E-state index is 0.0609. The van der Waals surface area contributed by atoms with E-state index in [2.05, 4.69) is 5.32 Å². The van der Waals surface area contributed by atoms with Crippen molar-refractivity contribution in [2.45, 2.75) is 0 Å². The van der Waals surface area contributed by atoms with Crippen molar-refractivity contribution >= 4 is 23.5 Å². The maximum atomic E-state index is 12.0. The Morgan fingerprint density at radius 2 is 2.09 bits per heavy atom. The normalized spacial score (nSPS) is 14.1. The number of hydrogen-bond acceptors (Lipinski definition) is 6. The summed E-state index contributed by atoms with van der Waals surface area (Å²) in [4.78, 5) is 35.8. The summed E-state index contributed by atoms with van der Waals surface area (Å²) in [6.07, 6.45) is 1.06. The Morgan fingerprint density at radius 3 is 2.68 bits per heavy atom. The highest BCUT2D eigenvalue weighted by Crippen LogP contribution is 2.25. The van der Waals surface area contributed by atoms with Crippen LogP contribution >= 0.6 is 0 Å². The first-order valence-electron chi connectivity index (χ1n) is 6.34. The van der Waals surface area contributed by atoms with Gasteiger partial charge in [0, 0.05) is 12.1 Å². The first kappa shape index (κ1) is 15.5. The molecule has 0 saturated carbocycles. The van der Waals surface area contributed by atoms with Crippen LogP contribution < -0.4 is 10.1 Å². The van der Waals surface area contributed by atoms with Crippen LogP contribution in [0.3, 0.4) is 0 Å². The van der Waals surface area contributed by atoms with Crippen LogP contribution in [0.25, 0.3) is 0 Å². The summed E-state index contributed by atoms with van der Waals surface area (Å²) in [5.74, 6) is -1.98. The van der Waals surface area contributed by atoms with E-state index in [1.165, 1.54) is 25.3 Å².